The Morgan fingerprint density at radius 2 is 1.81 bits per heavy atom. The van der Waals surface area contributed by atoms with Crippen LogP contribution < -0.4 is 14.8 Å². The number of ether oxygens (including phenoxy) is 4. The van der Waals surface area contributed by atoms with E-state index in [9.17, 15) is 0 Å². The Balaban J connectivity index is 1.03. The van der Waals surface area contributed by atoms with Gasteiger partial charge in [0.2, 0.25) is 5.95 Å². The molecule has 2 saturated heterocycles. The molecule has 1 N–H and O–H groups in total. The van der Waals surface area contributed by atoms with Gasteiger partial charge in [0.1, 0.15) is 23.9 Å². The summed E-state index contributed by atoms with van der Waals surface area (Å²) in [6, 6.07) is 6.56. The number of nitrogens with one attached hydrogen (secondary N) is 1. The first kappa shape index (κ1) is 31.7. The minimum atomic E-state index is -0.201. The number of tetrazole rings is 1. The van der Waals surface area contributed by atoms with Gasteiger partial charge in [0.15, 0.2) is 0 Å². The van der Waals surface area contributed by atoms with Crippen LogP contribution in [-0.2, 0) is 16.0 Å². The van der Waals surface area contributed by atoms with Gasteiger partial charge in [-0.2, -0.15) is 0 Å². The average Bonchev–Trinajstić information content (AvgIpc) is 3.89. The number of nitrogens with zero attached hydrogens (tertiary/aromatic N) is 9. The molecule has 1 unspecified atom stereocenters. The molecule has 0 bridgehead atoms. The molecule has 14 nitrogen and oxygen atoms in total. The van der Waals surface area contributed by atoms with Crippen LogP contribution in [-0.4, -0.2) is 103 Å². The number of halogens is 1. The molecule has 3 aliphatic rings. The van der Waals surface area contributed by atoms with Crippen LogP contribution >= 0.6 is 11.6 Å². The molecular formula is C32H41ClN10O4. The van der Waals surface area contributed by atoms with Gasteiger partial charge < -0.3 is 24.3 Å². The number of morpholine rings is 1. The molecule has 15 heteroatoms. The van der Waals surface area contributed by atoms with E-state index in [0.29, 0.717) is 53.8 Å². The van der Waals surface area contributed by atoms with Gasteiger partial charge in [-0.3, -0.25) is 9.58 Å². The Morgan fingerprint density at radius 1 is 1.00 bits per heavy atom. The molecule has 3 fully saturated rings. The predicted octanol–water partition coefficient (Wildman–Crippen LogP) is 4.42. The van der Waals surface area contributed by atoms with Crippen molar-refractivity contribution in [2.45, 2.75) is 63.8 Å². The maximum atomic E-state index is 6.46. The number of rotatable bonds is 12. The van der Waals surface area contributed by atoms with E-state index < -0.39 is 0 Å². The second-order valence-corrected chi connectivity index (χ2v) is 12.9. The Bertz CT molecular complexity index is 1570. The zero-order valence-electron chi connectivity index (χ0n) is 26.6. The SMILES string of the molecule is C[C@@H](Cn1cnnn1)Oc1cc(-c2cnc(Nc3cn([C@H]4CC[C@H](N5CCOCC5)CC4)nc3OCC3CCOC3)nc2)ccc1Cl. The fourth-order valence-electron chi connectivity index (χ4n) is 6.51. The zero-order chi connectivity index (χ0) is 32.0. The van der Waals surface area contributed by atoms with Gasteiger partial charge in [0.05, 0.1) is 50.2 Å². The fourth-order valence-corrected chi connectivity index (χ4v) is 6.68. The molecule has 1 aromatic carbocycles. The summed E-state index contributed by atoms with van der Waals surface area (Å²) in [6.45, 7) is 8.21. The third-order valence-corrected chi connectivity index (χ3v) is 9.42. The zero-order valence-corrected chi connectivity index (χ0v) is 27.3. The molecule has 47 heavy (non-hydrogen) atoms. The summed E-state index contributed by atoms with van der Waals surface area (Å²) in [5.41, 5.74) is 2.47. The smallest absolute Gasteiger partial charge is 0.256 e. The first-order valence-electron chi connectivity index (χ1n) is 16.5. The van der Waals surface area contributed by atoms with Crippen LogP contribution in [0.3, 0.4) is 0 Å². The molecule has 2 atom stereocenters. The van der Waals surface area contributed by atoms with Crippen LogP contribution in [0.1, 0.15) is 45.1 Å². The second-order valence-electron chi connectivity index (χ2n) is 12.5. The predicted molar refractivity (Wildman–Crippen MR) is 174 cm³/mol. The Labute approximate surface area is 278 Å². The summed E-state index contributed by atoms with van der Waals surface area (Å²) in [5, 5.41) is 20.0. The number of aromatic nitrogens is 8. The summed E-state index contributed by atoms with van der Waals surface area (Å²) in [5.74, 6) is 1.95. The van der Waals surface area contributed by atoms with E-state index in [-0.39, 0.29) is 6.10 Å². The van der Waals surface area contributed by atoms with Crippen molar-refractivity contribution < 1.29 is 18.9 Å². The molecule has 250 valence electrons. The lowest BCUT2D eigenvalue weighted by molar-refractivity contribution is 0.00502. The summed E-state index contributed by atoms with van der Waals surface area (Å²) in [4.78, 5) is 11.8. The molecule has 0 spiro atoms. The Hall–Kier alpha value is -3.85. The third kappa shape index (κ3) is 8.00. The summed E-state index contributed by atoms with van der Waals surface area (Å²) < 4.78 is 27.2. The first-order chi connectivity index (χ1) is 23.1. The van der Waals surface area contributed by atoms with E-state index in [1.165, 1.54) is 0 Å². The van der Waals surface area contributed by atoms with Gasteiger partial charge in [0, 0.05) is 49.6 Å². The van der Waals surface area contributed by atoms with Gasteiger partial charge in [-0.05, 0) is 67.2 Å². The van der Waals surface area contributed by atoms with Gasteiger partial charge >= 0.3 is 0 Å². The van der Waals surface area contributed by atoms with Crippen LogP contribution in [0.5, 0.6) is 11.6 Å². The molecule has 5 heterocycles. The fraction of sp³-hybridized carbons (Fsp3) is 0.562. The van der Waals surface area contributed by atoms with Crippen molar-refractivity contribution in [2.24, 2.45) is 5.92 Å². The van der Waals surface area contributed by atoms with Crippen LogP contribution in [0.4, 0.5) is 11.6 Å². The lowest BCUT2D eigenvalue weighted by Crippen LogP contribution is -2.45. The Kier molecular flexibility index (Phi) is 10.1. The lowest BCUT2D eigenvalue weighted by Gasteiger charge is -2.38. The van der Waals surface area contributed by atoms with Crippen molar-refractivity contribution >= 4 is 23.2 Å². The first-order valence-corrected chi connectivity index (χ1v) is 16.8. The minimum Gasteiger partial charge on any atom is -0.487 e. The van der Waals surface area contributed by atoms with Gasteiger partial charge in [-0.25, -0.2) is 14.6 Å². The molecule has 1 aliphatic carbocycles. The highest BCUT2D eigenvalue weighted by molar-refractivity contribution is 6.32. The lowest BCUT2D eigenvalue weighted by atomic mass is 9.90. The van der Waals surface area contributed by atoms with Crippen molar-refractivity contribution in [2.75, 3.05) is 51.4 Å². The largest absolute Gasteiger partial charge is 0.487 e. The minimum absolute atomic E-state index is 0.201. The topological polar surface area (TPSA) is 139 Å². The molecule has 2 aliphatic heterocycles. The number of hydrogen-bond donors (Lipinski definition) is 1. The standard InChI is InChI=1S/C32H41ClN10O4/c1-22(17-42-21-36-39-40-42)47-30-14-24(2-7-28(30)33)25-15-34-32(35-16-25)37-29-18-43(38-31(29)46-20-23-8-11-45-19-23)27-5-3-26(4-6-27)41-9-12-44-13-10-41/h2,7,14-16,18,21-23,26-27H,3-6,8-13,17,19-20H2,1H3,(H,34,35,37)/t22-,23?,26-,27-/m0/s1. The average molecular weight is 665 g/mol. The monoisotopic (exact) mass is 664 g/mol. The maximum Gasteiger partial charge on any atom is 0.256 e. The molecule has 7 rings (SSSR count). The van der Waals surface area contributed by atoms with Crippen LogP contribution in [0.25, 0.3) is 11.1 Å². The van der Waals surface area contributed by atoms with E-state index in [0.717, 1.165) is 88.4 Å². The van der Waals surface area contributed by atoms with Crippen molar-refractivity contribution in [3.05, 3.63) is 48.1 Å². The molecule has 4 aromatic rings. The van der Waals surface area contributed by atoms with Crippen molar-refractivity contribution in [1.29, 1.82) is 0 Å². The number of hydrogen-bond acceptors (Lipinski definition) is 12. The van der Waals surface area contributed by atoms with Gasteiger partial charge in [0.25, 0.3) is 5.88 Å². The van der Waals surface area contributed by atoms with Crippen LogP contribution in [0.2, 0.25) is 5.02 Å². The number of benzene rings is 1. The molecule has 0 radical (unpaired) electrons. The summed E-state index contributed by atoms with van der Waals surface area (Å²) in [7, 11) is 0. The molecular weight excluding hydrogens is 624 g/mol. The number of anilines is 2. The van der Waals surface area contributed by atoms with Crippen molar-refractivity contribution in [1.82, 2.24) is 44.9 Å². The highest BCUT2D eigenvalue weighted by Gasteiger charge is 2.29. The van der Waals surface area contributed by atoms with Crippen molar-refractivity contribution in [3.8, 4) is 22.8 Å². The van der Waals surface area contributed by atoms with E-state index in [1.54, 1.807) is 23.4 Å². The van der Waals surface area contributed by atoms with Crippen molar-refractivity contribution in [3.63, 3.8) is 0 Å². The van der Waals surface area contributed by atoms with Crippen LogP contribution in [0.15, 0.2) is 43.1 Å². The summed E-state index contributed by atoms with van der Waals surface area (Å²) in [6.07, 6.45) is 12.4. The molecule has 1 saturated carbocycles. The van der Waals surface area contributed by atoms with Gasteiger partial charge in [-0.1, -0.05) is 17.7 Å². The Morgan fingerprint density at radius 3 is 2.55 bits per heavy atom. The molecule has 0 amide bonds. The van der Waals surface area contributed by atoms with E-state index in [2.05, 4.69) is 40.4 Å². The molecule has 3 aromatic heterocycles. The maximum absolute atomic E-state index is 6.46. The van der Waals surface area contributed by atoms with E-state index in [4.69, 9.17) is 35.6 Å². The second kappa shape index (κ2) is 14.9. The third-order valence-electron chi connectivity index (χ3n) is 9.11. The normalized spacial score (nSPS) is 22.6. The van der Waals surface area contributed by atoms with Crippen LogP contribution in [0, 0.1) is 5.92 Å². The highest BCUT2D eigenvalue weighted by atomic mass is 35.5. The van der Waals surface area contributed by atoms with E-state index in [1.807, 2.05) is 31.3 Å². The van der Waals surface area contributed by atoms with E-state index >= 15 is 0 Å². The quantitative estimate of drug-likeness (QED) is 0.229. The highest BCUT2D eigenvalue weighted by Crippen LogP contribution is 2.36. The summed E-state index contributed by atoms with van der Waals surface area (Å²) >= 11 is 6.46. The van der Waals surface area contributed by atoms with Gasteiger partial charge in [-0.15, -0.1) is 10.2 Å².